The van der Waals surface area contributed by atoms with Gasteiger partial charge in [0.1, 0.15) is 11.5 Å². The van der Waals surface area contributed by atoms with Crippen LogP contribution in [0.5, 0.6) is 11.5 Å². The van der Waals surface area contributed by atoms with Gasteiger partial charge in [-0.15, -0.1) is 0 Å². The van der Waals surface area contributed by atoms with Gasteiger partial charge in [0.25, 0.3) is 0 Å². The standard InChI is InChI=1S/C13H8Br2Cl2O2/c14-8-4-11(17)13(5-10(8)16)19-12-2-1-7(6-18)3-9(12)15/h1-5,18H,6H2. The van der Waals surface area contributed by atoms with E-state index in [4.69, 9.17) is 33.0 Å². The second-order valence-corrected chi connectivity index (χ2v) is 6.24. The van der Waals surface area contributed by atoms with Crippen LogP contribution in [-0.4, -0.2) is 5.11 Å². The molecule has 0 amide bonds. The quantitative estimate of drug-likeness (QED) is 0.628. The van der Waals surface area contributed by atoms with Crippen LogP contribution in [-0.2, 0) is 6.61 Å². The summed E-state index contributed by atoms with van der Waals surface area (Å²) < 4.78 is 7.15. The van der Waals surface area contributed by atoms with E-state index < -0.39 is 0 Å². The second-order valence-electron chi connectivity index (χ2n) is 3.72. The molecule has 0 aliphatic carbocycles. The van der Waals surface area contributed by atoms with Crippen molar-refractivity contribution in [1.82, 2.24) is 0 Å². The third-order valence-electron chi connectivity index (χ3n) is 2.37. The SMILES string of the molecule is OCc1ccc(Oc2cc(Cl)c(Br)cc2Cl)c(Br)c1. The zero-order chi connectivity index (χ0) is 14.0. The van der Waals surface area contributed by atoms with Gasteiger partial charge in [-0.1, -0.05) is 29.3 Å². The van der Waals surface area contributed by atoms with Crippen molar-refractivity contribution in [2.75, 3.05) is 0 Å². The maximum absolute atomic E-state index is 9.05. The molecule has 0 radical (unpaired) electrons. The predicted molar refractivity (Wildman–Crippen MR) is 84.3 cm³/mol. The van der Waals surface area contributed by atoms with Crippen molar-refractivity contribution >= 4 is 55.1 Å². The molecule has 2 aromatic rings. The number of hydrogen-bond donors (Lipinski definition) is 1. The maximum Gasteiger partial charge on any atom is 0.147 e. The summed E-state index contributed by atoms with van der Waals surface area (Å²) in [5.74, 6) is 1.06. The lowest BCUT2D eigenvalue weighted by Crippen LogP contribution is -1.89. The molecule has 100 valence electrons. The molecule has 6 heteroatoms. The summed E-state index contributed by atoms with van der Waals surface area (Å²) in [5, 5.41) is 10.0. The van der Waals surface area contributed by atoms with Gasteiger partial charge in [0.05, 0.1) is 21.1 Å². The minimum Gasteiger partial charge on any atom is -0.455 e. The van der Waals surface area contributed by atoms with E-state index in [-0.39, 0.29) is 6.61 Å². The zero-order valence-electron chi connectivity index (χ0n) is 9.46. The maximum atomic E-state index is 9.05. The van der Waals surface area contributed by atoms with Gasteiger partial charge in [0.2, 0.25) is 0 Å². The molecular weight excluding hydrogens is 419 g/mol. The van der Waals surface area contributed by atoms with Gasteiger partial charge in [-0.05, 0) is 55.6 Å². The Morgan fingerprint density at radius 2 is 1.68 bits per heavy atom. The average Bonchev–Trinajstić information content (AvgIpc) is 2.38. The van der Waals surface area contributed by atoms with Gasteiger partial charge in [-0.2, -0.15) is 0 Å². The van der Waals surface area contributed by atoms with E-state index in [0.29, 0.717) is 26.0 Å². The Kier molecular flexibility index (Phi) is 5.15. The molecule has 2 nitrogen and oxygen atoms in total. The average molecular weight is 427 g/mol. The third-order valence-corrected chi connectivity index (χ3v) is 4.49. The van der Waals surface area contributed by atoms with E-state index in [9.17, 15) is 0 Å². The molecule has 0 heterocycles. The van der Waals surface area contributed by atoms with Crippen LogP contribution in [0.3, 0.4) is 0 Å². The van der Waals surface area contributed by atoms with Crippen LogP contribution in [0.15, 0.2) is 39.3 Å². The van der Waals surface area contributed by atoms with Crippen LogP contribution in [0, 0.1) is 0 Å². The van der Waals surface area contributed by atoms with Crippen molar-refractivity contribution in [2.24, 2.45) is 0 Å². The molecule has 0 bridgehead atoms. The van der Waals surface area contributed by atoms with Crippen molar-refractivity contribution in [3.63, 3.8) is 0 Å². The van der Waals surface area contributed by atoms with Gasteiger partial charge in [0.15, 0.2) is 0 Å². The molecule has 0 saturated heterocycles. The van der Waals surface area contributed by atoms with E-state index in [0.717, 1.165) is 10.0 Å². The summed E-state index contributed by atoms with van der Waals surface area (Å²) in [5.41, 5.74) is 0.791. The molecule has 0 aliphatic rings. The Labute approximate surface area is 137 Å². The van der Waals surface area contributed by atoms with Gasteiger partial charge in [-0.3, -0.25) is 0 Å². The first-order chi connectivity index (χ1) is 9.01. The zero-order valence-corrected chi connectivity index (χ0v) is 14.1. The normalized spacial score (nSPS) is 10.6. The second kappa shape index (κ2) is 6.46. The smallest absolute Gasteiger partial charge is 0.147 e. The molecule has 19 heavy (non-hydrogen) atoms. The highest BCUT2D eigenvalue weighted by atomic mass is 79.9. The summed E-state index contributed by atoms with van der Waals surface area (Å²) in [7, 11) is 0. The van der Waals surface area contributed by atoms with E-state index in [1.807, 2.05) is 0 Å². The van der Waals surface area contributed by atoms with Crippen molar-refractivity contribution in [1.29, 1.82) is 0 Å². The minimum absolute atomic E-state index is 0.0241. The highest BCUT2D eigenvalue weighted by Gasteiger charge is 2.10. The van der Waals surface area contributed by atoms with Gasteiger partial charge < -0.3 is 9.84 Å². The number of ether oxygens (including phenoxy) is 1. The number of halogens is 4. The minimum atomic E-state index is -0.0241. The Bertz CT molecular complexity index is 618. The number of rotatable bonds is 3. The monoisotopic (exact) mass is 424 g/mol. The van der Waals surface area contributed by atoms with Gasteiger partial charge in [-0.25, -0.2) is 0 Å². The highest BCUT2D eigenvalue weighted by Crippen LogP contribution is 2.38. The first-order valence-electron chi connectivity index (χ1n) is 5.23. The van der Waals surface area contributed by atoms with Crippen LogP contribution in [0.1, 0.15) is 5.56 Å². The fourth-order valence-corrected chi connectivity index (χ4v) is 2.76. The molecule has 2 aromatic carbocycles. The first-order valence-corrected chi connectivity index (χ1v) is 7.57. The van der Waals surface area contributed by atoms with Crippen LogP contribution >= 0.6 is 55.1 Å². The fraction of sp³-hybridized carbons (Fsp3) is 0.0769. The number of benzene rings is 2. The van der Waals surface area contributed by atoms with E-state index in [1.165, 1.54) is 0 Å². The van der Waals surface area contributed by atoms with Crippen molar-refractivity contribution < 1.29 is 9.84 Å². The Morgan fingerprint density at radius 3 is 2.32 bits per heavy atom. The predicted octanol–water partition coefficient (Wildman–Crippen LogP) is 5.80. The number of hydrogen-bond acceptors (Lipinski definition) is 2. The summed E-state index contributed by atoms with van der Waals surface area (Å²) in [6.07, 6.45) is 0. The summed E-state index contributed by atoms with van der Waals surface area (Å²) in [4.78, 5) is 0. The molecule has 0 fully saturated rings. The molecule has 0 unspecified atom stereocenters. The van der Waals surface area contributed by atoms with Crippen molar-refractivity contribution in [3.05, 3.63) is 54.9 Å². The Balaban J connectivity index is 2.33. The lowest BCUT2D eigenvalue weighted by atomic mass is 10.2. The van der Waals surface area contributed by atoms with Crippen LogP contribution in [0.25, 0.3) is 0 Å². The topological polar surface area (TPSA) is 29.5 Å². The summed E-state index contributed by atoms with van der Waals surface area (Å²) >= 11 is 18.8. The van der Waals surface area contributed by atoms with Crippen molar-refractivity contribution in [3.8, 4) is 11.5 Å². The number of aliphatic hydroxyl groups excluding tert-OH is 1. The molecular formula is C13H8Br2Cl2O2. The fourth-order valence-electron chi connectivity index (χ4n) is 1.43. The molecule has 0 aromatic heterocycles. The molecule has 0 spiro atoms. The highest BCUT2D eigenvalue weighted by molar-refractivity contribution is 9.10. The van der Waals surface area contributed by atoms with Crippen LogP contribution in [0.2, 0.25) is 10.0 Å². The summed E-state index contributed by atoms with van der Waals surface area (Å²) in [6.45, 7) is -0.0241. The van der Waals surface area contributed by atoms with Crippen molar-refractivity contribution in [2.45, 2.75) is 6.61 Å². The Morgan fingerprint density at radius 1 is 0.947 bits per heavy atom. The largest absolute Gasteiger partial charge is 0.455 e. The molecule has 0 saturated carbocycles. The van der Waals surface area contributed by atoms with E-state index in [2.05, 4.69) is 31.9 Å². The lowest BCUT2D eigenvalue weighted by molar-refractivity contribution is 0.281. The van der Waals surface area contributed by atoms with Crippen LogP contribution in [0.4, 0.5) is 0 Å². The summed E-state index contributed by atoms with van der Waals surface area (Å²) in [6, 6.07) is 8.62. The molecule has 0 atom stereocenters. The molecule has 1 N–H and O–H groups in total. The van der Waals surface area contributed by atoms with Gasteiger partial charge in [0, 0.05) is 10.5 Å². The van der Waals surface area contributed by atoms with Crippen LogP contribution < -0.4 is 4.74 Å². The third kappa shape index (κ3) is 3.64. The molecule has 0 aliphatic heterocycles. The lowest BCUT2D eigenvalue weighted by Gasteiger charge is -2.11. The first kappa shape index (κ1) is 15.1. The van der Waals surface area contributed by atoms with Gasteiger partial charge >= 0.3 is 0 Å². The van der Waals surface area contributed by atoms with E-state index >= 15 is 0 Å². The Hall–Kier alpha value is -0.260. The molecule has 2 rings (SSSR count). The van der Waals surface area contributed by atoms with E-state index in [1.54, 1.807) is 30.3 Å². The number of aliphatic hydroxyl groups is 1.